The summed E-state index contributed by atoms with van der Waals surface area (Å²) < 4.78 is 12.3. The van der Waals surface area contributed by atoms with Gasteiger partial charge in [0.15, 0.2) is 11.0 Å². The van der Waals surface area contributed by atoms with Gasteiger partial charge in [-0.1, -0.05) is 30.0 Å². The first-order chi connectivity index (χ1) is 13.6. The third-order valence-corrected chi connectivity index (χ3v) is 5.20. The van der Waals surface area contributed by atoms with Gasteiger partial charge in [0, 0.05) is 24.7 Å². The monoisotopic (exact) mass is 398 g/mol. The molecule has 2 aromatic carbocycles. The van der Waals surface area contributed by atoms with Crippen molar-refractivity contribution in [1.82, 2.24) is 20.1 Å². The molecule has 0 radical (unpaired) electrons. The topological polar surface area (TPSA) is 78.3 Å². The highest BCUT2D eigenvalue weighted by Gasteiger charge is 2.13. The van der Waals surface area contributed by atoms with Crippen LogP contribution >= 0.6 is 11.8 Å². The van der Waals surface area contributed by atoms with Gasteiger partial charge in [-0.15, -0.1) is 10.2 Å². The summed E-state index contributed by atoms with van der Waals surface area (Å²) in [5.41, 5.74) is 1.87. The minimum absolute atomic E-state index is 0.0788. The van der Waals surface area contributed by atoms with Crippen LogP contribution in [0.2, 0.25) is 0 Å². The zero-order valence-electron chi connectivity index (χ0n) is 16.0. The molecule has 0 spiro atoms. The number of nitrogens with one attached hydrogen (secondary N) is 1. The van der Waals surface area contributed by atoms with Gasteiger partial charge in [0.25, 0.3) is 0 Å². The number of amides is 1. The number of thioether (sulfide) groups is 1. The maximum absolute atomic E-state index is 12.2. The predicted molar refractivity (Wildman–Crippen MR) is 109 cm³/mol. The lowest BCUT2D eigenvalue weighted by atomic mass is 10.2. The number of hydrogen-bond donors (Lipinski definition) is 1. The average molecular weight is 398 g/mol. The first-order valence-electron chi connectivity index (χ1n) is 8.67. The molecule has 0 aliphatic heterocycles. The molecule has 0 fully saturated rings. The summed E-state index contributed by atoms with van der Waals surface area (Å²) in [4.78, 5) is 12.2. The van der Waals surface area contributed by atoms with Crippen LogP contribution < -0.4 is 14.8 Å². The Morgan fingerprint density at radius 3 is 2.54 bits per heavy atom. The Morgan fingerprint density at radius 2 is 1.82 bits per heavy atom. The third-order valence-electron chi connectivity index (χ3n) is 4.18. The van der Waals surface area contributed by atoms with Crippen LogP contribution in [0.5, 0.6) is 11.5 Å². The molecule has 0 bridgehead atoms. The van der Waals surface area contributed by atoms with Gasteiger partial charge < -0.3 is 19.4 Å². The van der Waals surface area contributed by atoms with Crippen molar-refractivity contribution in [3.05, 3.63) is 54.1 Å². The smallest absolute Gasteiger partial charge is 0.230 e. The van der Waals surface area contributed by atoms with Crippen LogP contribution in [0.4, 0.5) is 0 Å². The van der Waals surface area contributed by atoms with E-state index in [1.807, 2.05) is 60.1 Å². The van der Waals surface area contributed by atoms with Gasteiger partial charge in [0.2, 0.25) is 5.91 Å². The summed E-state index contributed by atoms with van der Waals surface area (Å²) in [5.74, 6) is 2.45. The number of carbonyl (C=O) groups excluding carboxylic acids is 1. The van der Waals surface area contributed by atoms with E-state index < -0.39 is 0 Å². The van der Waals surface area contributed by atoms with E-state index in [4.69, 9.17) is 9.47 Å². The Morgan fingerprint density at radius 1 is 1.07 bits per heavy atom. The quantitative estimate of drug-likeness (QED) is 0.588. The van der Waals surface area contributed by atoms with Gasteiger partial charge in [0.1, 0.15) is 11.5 Å². The number of hydrogen-bond acceptors (Lipinski definition) is 6. The van der Waals surface area contributed by atoms with Crippen molar-refractivity contribution < 1.29 is 14.3 Å². The second-order valence-electron chi connectivity index (χ2n) is 5.97. The first-order valence-corrected chi connectivity index (χ1v) is 9.66. The zero-order valence-corrected chi connectivity index (χ0v) is 16.8. The first kappa shape index (κ1) is 19.8. The molecule has 28 heavy (non-hydrogen) atoms. The summed E-state index contributed by atoms with van der Waals surface area (Å²) in [6.45, 7) is 0.416. The van der Waals surface area contributed by atoms with E-state index >= 15 is 0 Å². The van der Waals surface area contributed by atoms with E-state index in [9.17, 15) is 4.79 Å². The molecule has 0 unspecified atom stereocenters. The Bertz CT molecular complexity index is 941. The number of nitrogens with zero attached hydrogens (tertiary/aromatic N) is 3. The molecule has 0 saturated carbocycles. The molecule has 8 heteroatoms. The highest BCUT2D eigenvalue weighted by atomic mass is 32.2. The second kappa shape index (κ2) is 9.27. The van der Waals surface area contributed by atoms with E-state index in [1.54, 1.807) is 14.2 Å². The number of carbonyl (C=O) groups is 1. The molecule has 1 N–H and O–H groups in total. The van der Waals surface area contributed by atoms with E-state index in [0.29, 0.717) is 11.7 Å². The Hall–Kier alpha value is -3.00. The molecule has 3 aromatic rings. The maximum Gasteiger partial charge on any atom is 0.230 e. The van der Waals surface area contributed by atoms with Crippen LogP contribution in [-0.4, -0.2) is 40.6 Å². The van der Waals surface area contributed by atoms with Crippen LogP contribution in [0.25, 0.3) is 11.4 Å². The largest absolute Gasteiger partial charge is 0.497 e. The molecule has 0 aliphatic carbocycles. The summed E-state index contributed by atoms with van der Waals surface area (Å²) in [5, 5.41) is 12.0. The fraction of sp³-hybridized carbons (Fsp3) is 0.250. The molecular formula is C20H22N4O3S. The van der Waals surface area contributed by atoms with Crippen molar-refractivity contribution in [2.45, 2.75) is 11.7 Å². The summed E-state index contributed by atoms with van der Waals surface area (Å²) in [6.07, 6.45) is 0. The molecule has 0 atom stereocenters. The van der Waals surface area contributed by atoms with Gasteiger partial charge in [-0.2, -0.15) is 0 Å². The minimum atomic E-state index is -0.0788. The van der Waals surface area contributed by atoms with Crippen molar-refractivity contribution in [2.75, 3.05) is 20.0 Å². The van der Waals surface area contributed by atoms with Gasteiger partial charge >= 0.3 is 0 Å². The highest BCUT2D eigenvalue weighted by Crippen LogP contribution is 2.24. The Balaban J connectivity index is 1.57. The van der Waals surface area contributed by atoms with Crippen molar-refractivity contribution in [3.63, 3.8) is 0 Å². The molecule has 3 rings (SSSR count). The minimum Gasteiger partial charge on any atom is -0.497 e. The lowest BCUT2D eigenvalue weighted by Crippen LogP contribution is -2.25. The van der Waals surface area contributed by atoms with Crippen molar-refractivity contribution in [3.8, 4) is 22.9 Å². The van der Waals surface area contributed by atoms with E-state index in [2.05, 4.69) is 15.5 Å². The normalized spacial score (nSPS) is 10.5. The predicted octanol–water partition coefficient (Wildman–Crippen LogP) is 2.91. The number of para-hydroxylation sites is 1. The molecular weight excluding hydrogens is 376 g/mol. The van der Waals surface area contributed by atoms with E-state index in [-0.39, 0.29) is 11.7 Å². The highest BCUT2D eigenvalue weighted by molar-refractivity contribution is 7.99. The molecule has 1 aromatic heterocycles. The number of methoxy groups -OCH3 is 2. The van der Waals surface area contributed by atoms with Crippen molar-refractivity contribution in [1.29, 1.82) is 0 Å². The molecule has 0 saturated heterocycles. The molecule has 7 nitrogen and oxygen atoms in total. The number of benzene rings is 2. The van der Waals surface area contributed by atoms with Crippen LogP contribution in [-0.2, 0) is 18.4 Å². The fourth-order valence-electron chi connectivity index (χ4n) is 2.66. The van der Waals surface area contributed by atoms with Gasteiger partial charge in [0.05, 0.1) is 20.0 Å². The SMILES string of the molecule is COc1ccc(-c2nnc(SCC(=O)NCc3ccccc3OC)n2C)cc1. The van der Waals surface area contributed by atoms with Gasteiger partial charge in [-0.05, 0) is 30.3 Å². The maximum atomic E-state index is 12.2. The third kappa shape index (κ3) is 4.64. The number of rotatable bonds is 8. The van der Waals surface area contributed by atoms with Crippen LogP contribution in [0, 0.1) is 0 Å². The zero-order chi connectivity index (χ0) is 19.9. The lowest BCUT2D eigenvalue weighted by molar-refractivity contribution is -0.118. The standard InChI is InChI=1S/C20H22N4O3S/c1-24-19(14-8-10-16(26-2)11-9-14)22-23-20(24)28-13-18(25)21-12-15-6-4-5-7-17(15)27-3/h4-11H,12-13H2,1-3H3,(H,21,25). The van der Waals surface area contributed by atoms with Gasteiger partial charge in [-0.3, -0.25) is 4.79 Å². The van der Waals surface area contributed by atoms with E-state index in [0.717, 1.165) is 28.5 Å². The van der Waals surface area contributed by atoms with Crippen molar-refractivity contribution >= 4 is 17.7 Å². The summed E-state index contributed by atoms with van der Waals surface area (Å²) >= 11 is 1.34. The lowest BCUT2D eigenvalue weighted by Gasteiger charge is -2.09. The molecule has 1 heterocycles. The number of ether oxygens (including phenoxy) is 2. The number of aromatic nitrogens is 3. The van der Waals surface area contributed by atoms with Gasteiger partial charge in [-0.25, -0.2) is 0 Å². The molecule has 146 valence electrons. The summed E-state index contributed by atoms with van der Waals surface area (Å²) in [6, 6.07) is 15.2. The fourth-order valence-corrected chi connectivity index (χ4v) is 3.40. The van der Waals surface area contributed by atoms with Crippen LogP contribution in [0.3, 0.4) is 0 Å². The Kier molecular flexibility index (Phi) is 6.54. The van der Waals surface area contributed by atoms with E-state index in [1.165, 1.54) is 11.8 Å². The molecule has 0 aliphatic rings. The second-order valence-corrected chi connectivity index (χ2v) is 6.91. The van der Waals surface area contributed by atoms with Crippen LogP contribution in [0.15, 0.2) is 53.7 Å². The van der Waals surface area contributed by atoms with Crippen molar-refractivity contribution in [2.24, 2.45) is 7.05 Å². The van der Waals surface area contributed by atoms with Crippen LogP contribution in [0.1, 0.15) is 5.56 Å². The Labute approximate surface area is 168 Å². The molecule has 1 amide bonds. The summed E-state index contributed by atoms with van der Waals surface area (Å²) in [7, 11) is 5.13. The average Bonchev–Trinajstić information content (AvgIpc) is 3.11.